The normalized spacial score (nSPS) is 10.6. The molecule has 5 nitrogen and oxygen atoms in total. The largest absolute Gasteiger partial charge is 0.330 e. The Morgan fingerprint density at radius 1 is 1.05 bits per heavy atom. The van der Waals surface area contributed by atoms with Gasteiger partial charge in [-0.15, -0.1) is 0 Å². The van der Waals surface area contributed by atoms with Gasteiger partial charge in [-0.2, -0.15) is 0 Å². The Hall–Kier alpha value is -2.14. The Balaban J connectivity index is 2.09. The first kappa shape index (κ1) is 13.3. The first-order valence-electron chi connectivity index (χ1n) is 6.10. The number of nitrogens with one attached hydrogen (secondary N) is 1. The van der Waals surface area contributed by atoms with Gasteiger partial charge in [-0.1, -0.05) is 30.3 Å². The van der Waals surface area contributed by atoms with Crippen molar-refractivity contribution in [3.63, 3.8) is 0 Å². The molecule has 5 heteroatoms. The van der Waals surface area contributed by atoms with Crippen LogP contribution in [0.2, 0.25) is 0 Å². The van der Waals surface area contributed by atoms with E-state index in [1.165, 1.54) is 11.6 Å². The predicted octanol–water partition coefficient (Wildman–Crippen LogP) is 0.374. The molecule has 0 saturated carbocycles. The van der Waals surface area contributed by atoms with Crippen LogP contribution in [-0.4, -0.2) is 9.13 Å². The maximum absolute atomic E-state index is 11.9. The van der Waals surface area contributed by atoms with Crippen molar-refractivity contribution in [2.24, 2.45) is 14.1 Å². The minimum atomic E-state index is -0.309. The molecule has 0 spiro atoms. The van der Waals surface area contributed by atoms with E-state index >= 15 is 0 Å². The number of hydrogen-bond acceptors (Lipinski definition) is 3. The summed E-state index contributed by atoms with van der Waals surface area (Å²) in [7, 11) is 3.13. The third-order valence-corrected chi connectivity index (χ3v) is 3.00. The highest BCUT2D eigenvalue weighted by Crippen LogP contribution is 1.98. The second-order valence-corrected chi connectivity index (χ2v) is 4.50. The highest BCUT2D eigenvalue weighted by molar-refractivity contribution is 5.14. The minimum absolute atomic E-state index is 0.247. The molecule has 0 fully saturated rings. The van der Waals surface area contributed by atoms with E-state index in [0.717, 1.165) is 10.1 Å². The van der Waals surface area contributed by atoms with Crippen LogP contribution in [-0.2, 0) is 27.2 Å². The van der Waals surface area contributed by atoms with E-state index in [1.54, 1.807) is 13.2 Å². The zero-order valence-electron chi connectivity index (χ0n) is 11.1. The van der Waals surface area contributed by atoms with Crippen molar-refractivity contribution in [1.82, 2.24) is 14.5 Å². The fraction of sp³-hybridized carbons (Fsp3) is 0.286. The molecule has 1 heterocycles. The van der Waals surface area contributed by atoms with Crippen LogP contribution in [0, 0.1) is 0 Å². The fourth-order valence-corrected chi connectivity index (χ4v) is 1.94. The molecule has 19 heavy (non-hydrogen) atoms. The van der Waals surface area contributed by atoms with Crippen LogP contribution in [0.4, 0.5) is 0 Å². The highest BCUT2D eigenvalue weighted by atomic mass is 16.2. The van der Waals surface area contributed by atoms with E-state index in [-0.39, 0.29) is 11.2 Å². The summed E-state index contributed by atoms with van der Waals surface area (Å²) in [6.07, 6.45) is 1.59. The van der Waals surface area contributed by atoms with Crippen molar-refractivity contribution in [2.45, 2.75) is 13.1 Å². The number of rotatable bonds is 4. The third kappa shape index (κ3) is 3.00. The molecule has 0 radical (unpaired) electrons. The molecule has 100 valence electrons. The molecule has 1 aromatic heterocycles. The van der Waals surface area contributed by atoms with Gasteiger partial charge in [0.15, 0.2) is 0 Å². The lowest BCUT2D eigenvalue weighted by Crippen LogP contribution is -2.39. The molecule has 0 atom stereocenters. The van der Waals surface area contributed by atoms with Gasteiger partial charge in [-0.3, -0.25) is 9.36 Å². The Morgan fingerprint density at radius 2 is 1.74 bits per heavy atom. The number of aromatic nitrogens is 2. The number of benzene rings is 1. The topological polar surface area (TPSA) is 56.0 Å². The van der Waals surface area contributed by atoms with Crippen molar-refractivity contribution in [1.29, 1.82) is 0 Å². The van der Waals surface area contributed by atoms with Crippen LogP contribution < -0.4 is 16.6 Å². The summed E-state index contributed by atoms with van der Waals surface area (Å²) in [5.74, 6) is 0. The van der Waals surface area contributed by atoms with Gasteiger partial charge in [0.05, 0.1) is 0 Å². The molecule has 0 unspecified atom stereocenters. The van der Waals surface area contributed by atoms with Gasteiger partial charge in [-0.05, 0) is 5.56 Å². The van der Waals surface area contributed by atoms with Crippen LogP contribution in [0.5, 0.6) is 0 Å². The van der Waals surface area contributed by atoms with Gasteiger partial charge in [-0.25, -0.2) is 4.79 Å². The first-order valence-corrected chi connectivity index (χ1v) is 6.10. The van der Waals surface area contributed by atoms with Crippen LogP contribution in [0.3, 0.4) is 0 Å². The van der Waals surface area contributed by atoms with Gasteiger partial charge in [0.25, 0.3) is 5.56 Å². The lowest BCUT2D eigenvalue weighted by atomic mass is 10.2. The van der Waals surface area contributed by atoms with Gasteiger partial charge in [0.1, 0.15) is 0 Å². The molecule has 1 N–H and O–H groups in total. The third-order valence-electron chi connectivity index (χ3n) is 3.00. The van der Waals surface area contributed by atoms with E-state index < -0.39 is 0 Å². The van der Waals surface area contributed by atoms with E-state index in [1.807, 2.05) is 30.3 Å². The molecular weight excluding hydrogens is 242 g/mol. The second kappa shape index (κ2) is 5.67. The number of hydrogen-bond donors (Lipinski definition) is 1. The molecule has 0 aliphatic heterocycles. The Morgan fingerprint density at radius 3 is 2.42 bits per heavy atom. The predicted molar refractivity (Wildman–Crippen MR) is 73.9 cm³/mol. The lowest BCUT2D eigenvalue weighted by molar-refractivity contribution is 0.630. The maximum atomic E-state index is 11.9. The number of aryl methyl sites for hydroxylation is 1. The standard InChI is InChI=1S/C14H17N3O2/c1-16-10-12(13(18)17(2)14(16)19)9-15-8-11-6-4-3-5-7-11/h3-7,10,15H,8-9H2,1-2H3. The molecule has 0 amide bonds. The quantitative estimate of drug-likeness (QED) is 0.863. The SMILES string of the molecule is Cn1cc(CNCc2ccccc2)c(=O)n(C)c1=O. The minimum Gasteiger partial charge on any atom is -0.308 e. The van der Waals surface area contributed by atoms with Crippen molar-refractivity contribution in [3.05, 3.63) is 68.5 Å². The lowest BCUT2D eigenvalue weighted by Gasteiger charge is -2.08. The summed E-state index contributed by atoms with van der Waals surface area (Å²) in [5, 5.41) is 3.20. The van der Waals surface area contributed by atoms with Gasteiger partial charge < -0.3 is 9.88 Å². The molecule has 2 aromatic rings. The zero-order chi connectivity index (χ0) is 13.8. The summed E-state index contributed by atoms with van der Waals surface area (Å²) in [6, 6.07) is 9.95. The molecular formula is C14H17N3O2. The van der Waals surface area contributed by atoms with Crippen molar-refractivity contribution >= 4 is 0 Å². The average molecular weight is 259 g/mol. The van der Waals surface area contributed by atoms with E-state index in [9.17, 15) is 9.59 Å². The van der Waals surface area contributed by atoms with Crippen molar-refractivity contribution < 1.29 is 0 Å². The Kier molecular flexibility index (Phi) is 3.97. The fourth-order valence-electron chi connectivity index (χ4n) is 1.94. The van der Waals surface area contributed by atoms with E-state index in [2.05, 4.69) is 5.32 Å². The van der Waals surface area contributed by atoms with Crippen LogP contribution >= 0.6 is 0 Å². The molecule has 0 aliphatic carbocycles. The molecule has 0 bridgehead atoms. The number of nitrogens with zero attached hydrogens (tertiary/aromatic N) is 2. The van der Waals surface area contributed by atoms with Crippen LogP contribution in [0.15, 0.2) is 46.1 Å². The summed E-state index contributed by atoms with van der Waals surface area (Å²) >= 11 is 0. The Bertz CT molecular complexity index is 671. The van der Waals surface area contributed by atoms with Crippen molar-refractivity contribution in [2.75, 3.05) is 0 Å². The van der Waals surface area contributed by atoms with Gasteiger partial charge in [0, 0.05) is 38.9 Å². The maximum Gasteiger partial charge on any atom is 0.330 e. The monoisotopic (exact) mass is 259 g/mol. The Labute approximate surface area is 111 Å². The van der Waals surface area contributed by atoms with Gasteiger partial charge >= 0.3 is 5.69 Å². The summed E-state index contributed by atoms with van der Waals surface area (Å²) in [4.78, 5) is 23.4. The summed E-state index contributed by atoms with van der Waals surface area (Å²) < 4.78 is 2.54. The first-order chi connectivity index (χ1) is 9.09. The van der Waals surface area contributed by atoms with Crippen LogP contribution in [0.1, 0.15) is 11.1 Å². The van der Waals surface area contributed by atoms with E-state index in [4.69, 9.17) is 0 Å². The molecule has 0 aliphatic rings. The molecule has 2 rings (SSSR count). The summed E-state index contributed by atoms with van der Waals surface area (Å²) in [6.45, 7) is 1.13. The van der Waals surface area contributed by atoms with Crippen LogP contribution in [0.25, 0.3) is 0 Å². The van der Waals surface area contributed by atoms with E-state index in [0.29, 0.717) is 18.7 Å². The highest BCUT2D eigenvalue weighted by Gasteiger charge is 2.05. The smallest absolute Gasteiger partial charge is 0.308 e. The average Bonchev–Trinajstić information content (AvgIpc) is 2.43. The molecule has 0 saturated heterocycles. The molecule has 1 aromatic carbocycles. The van der Waals surface area contributed by atoms with Gasteiger partial charge in [0.2, 0.25) is 0 Å². The van der Waals surface area contributed by atoms with Crippen molar-refractivity contribution in [3.8, 4) is 0 Å². The summed E-state index contributed by atoms with van der Waals surface area (Å²) in [5.41, 5.74) is 1.19. The zero-order valence-corrected chi connectivity index (χ0v) is 11.1. The second-order valence-electron chi connectivity index (χ2n) is 4.50.